The van der Waals surface area contributed by atoms with Crippen LogP contribution in [0.1, 0.15) is 0 Å². The fourth-order valence-corrected chi connectivity index (χ4v) is 1.55. The first-order valence-electron chi connectivity index (χ1n) is 4.14. The summed E-state index contributed by atoms with van der Waals surface area (Å²) in [6, 6.07) is 10.4. The van der Waals surface area contributed by atoms with Crippen LogP contribution in [0.3, 0.4) is 0 Å². The first-order chi connectivity index (χ1) is 6.77. The van der Waals surface area contributed by atoms with Crippen LogP contribution < -0.4 is 0 Å². The van der Waals surface area contributed by atoms with E-state index in [0.29, 0.717) is 5.56 Å². The van der Waals surface area contributed by atoms with Crippen molar-refractivity contribution in [2.24, 2.45) is 0 Å². The Labute approximate surface area is 95.1 Å². The number of pyridine rings is 1. The lowest BCUT2D eigenvalue weighted by Gasteiger charge is -2.01. The molecule has 2 aromatic rings. The van der Waals surface area contributed by atoms with Gasteiger partial charge in [-0.25, -0.2) is 9.37 Å². The second kappa shape index (κ2) is 4.04. The van der Waals surface area contributed by atoms with E-state index in [1.807, 2.05) is 18.2 Å². The standard InChI is InChI=1S/C11H7FIN/c12-10-4-2-1-3-9(10)8-5-6-11(13)14-7-8/h1-7H. The molecule has 1 nitrogen and oxygen atoms in total. The van der Waals surface area contributed by atoms with Gasteiger partial charge >= 0.3 is 0 Å². The summed E-state index contributed by atoms with van der Waals surface area (Å²) in [7, 11) is 0. The molecule has 14 heavy (non-hydrogen) atoms. The Bertz CT molecular complexity index is 439. The fraction of sp³-hybridized carbons (Fsp3) is 0. The van der Waals surface area contributed by atoms with Gasteiger partial charge in [0, 0.05) is 17.3 Å². The zero-order valence-electron chi connectivity index (χ0n) is 7.24. The Hall–Kier alpha value is -0.970. The normalized spacial score (nSPS) is 10.1. The van der Waals surface area contributed by atoms with Crippen LogP contribution in [0.15, 0.2) is 42.6 Å². The number of hydrogen-bond donors (Lipinski definition) is 0. The molecule has 1 heterocycles. The molecular weight excluding hydrogens is 292 g/mol. The van der Waals surface area contributed by atoms with Crippen molar-refractivity contribution in [1.82, 2.24) is 4.98 Å². The zero-order chi connectivity index (χ0) is 9.97. The van der Waals surface area contributed by atoms with E-state index in [1.165, 1.54) is 6.07 Å². The highest BCUT2D eigenvalue weighted by Gasteiger charge is 2.03. The molecule has 0 aliphatic carbocycles. The lowest BCUT2D eigenvalue weighted by molar-refractivity contribution is 0.631. The quantitative estimate of drug-likeness (QED) is 0.580. The van der Waals surface area contributed by atoms with Crippen molar-refractivity contribution in [3.05, 3.63) is 52.1 Å². The highest BCUT2D eigenvalue weighted by atomic mass is 127. The smallest absolute Gasteiger partial charge is 0.131 e. The molecule has 3 heteroatoms. The van der Waals surface area contributed by atoms with Crippen LogP contribution in [0.25, 0.3) is 11.1 Å². The third kappa shape index (κ3) is 1.92. The molecule has 0 saturated carbocycles. The van der Waals surface area contributed by atoms with Gasteiger partial charge in [0.2, 0.25) is 0 Å². The van der Waals surface area contributed by atoms with E-state index in [-0.39, 0.29) is 5.82 Å². The summed E-state index contributed by atoms with van der Waals surface area (Å²) in [6.45, 7) is 0. The van der Waals surface area contributed by atoms with Gasteiger partial charge in [-0.2, -0.15) is 0 Å². The first-order valence-corrected chi connectivity index (χ1v) is 5.22. The van der Waals surface area contributed by atoms with Crippen molar-refractivity contribution in [3.63, 3.8) is 0 Å². The average Bonchev–Trinajstić information content (AvgIpc) is 2.20. The van der Waals surface area contributed by atoms with Gasteiger partial charge in [0.25, 0.3) is 0 Å². The summed E-state index contributed by atoms with van der Waals surface area (Å²) in [5.41, 5.74) is 1.40. The van der Waals surface area contributed by atoms with Crippen LogP contribution >= 0.6 is 22.6 Å². The second-order valence-electron chi connectivity index (χ2n) is 2.85. The van der Waals surface area contributed by atoms with Gasteiger partial charge in [-0.15, -0.1) is 0 Å². The maximum Gasteiger partial charge on any atom is 0.131 e. The Kier molecular flexibility index (Phi) is 2.77. The van der Waals surface area contributed by atoms with Gasteiger partial charge < -0.3 is 0 Å². The third-order valence-corrected chi connectivity index (χ3v) is 2.55. The van der Waals surface area contributed by atoms with Gasteiger partial charge in [0.1, 0.15) is 9.52 Å². The summed E-state index contributed by atoms with van der Waals surface area (Å²) >= 11 is 2.12. The van der Waals surface area contributed by atoms with Crippen molar-refractivity contribution in [2.45, 2.75) is 0 Å². The molecule has 0 atom stereocenters. The average molecular weight is 299 g/mol. The van der Waals surface area contributed by atoms with E-state index >= 15 is 0 Å². The van der Waals surface area contributed by atoms with Crippen molar-refractivity contribution < 1.29 is 4.39 Å². The molecule has 70 valence electrons. The Balaban J connectivity index is 2.50. The highest BCUT2D eigenvalue weighted by molar-refractivity contribution is 14.1. The largest absolute Gasteiger partial charge is 0.250 e. The summed E-state index contributed by atoms with van der Waals surface area (Å²) in [4.78, 5) is 4.12. The van der Waals surface area contributed by atoms with Gasteiger partial charge in [-0.1, -0.05) is 24.3 Å². The molecule has 0 amide bonds. The van der Waals surface area contributed by atoms with Crippen LogP contribution in [-0.4, -0.2) is 4.98 Å². The number of nitrogens with zero attached hydrogens (tertiary/aromatic N) is 1. The summed E-state index contributed by atoms with van der Waals surface area (Å²) < 4.78 is 14.3. The Morgan fingerprint density at radius 3 is 2.50 bits per heavy atom. The number of benzene rings is 1. The van der Waals surface area contributed by atoms with E-state index in [9.17, 15) is 4.39 Å². The summed E-state index contributed by atoms with van der Waals surface area (Å²) in [6.07, 6.45) is 1.68. The molecule has 0 N–H and O–H groups in total. The van der Waals surface area contributed by atoms with Gasteiger partial charge in [0.15, 0.2) is 0 Å². The summed E-state index contributed by atoms with van der Waals surface area (Å²) in [5, 5.41) is 0. The molecule has 0 saturated heterocycles. The second-order valence-corrected chi connectivity index (χ2v) is 3.95. The van der Waals surface area contributed by atoms with Gasteiger partial charge in [-0.05, 0) is 34.7 Å². The number of halogens is 2. The SMILES string of the molecule is Fc1ccccc1-c1ccc(I)nc1. The van der Waals surface area contributed by atoms with Gasteiger partial charge in [-0.3, -0.25) is 0 Å². The molecule has 0 bridgehead atoms. The van der Waals surface area contributed by atoms with Crippen molar-refractivity contribution >= 4 is 22.6 Å². The van der Waals surface area contributed by atoms with Crippen LogP contribution in [-0.2, 0) is 0 Å². The third-order valence-electron chi connectivity index (χ3n) is 1.91. The van der Waals surface area contributed by atoms with Crippen LogP contribution in [0.5, 0.6) is 0 Å². The minimum absolute atomic E-state index is 0.212. The number of hydrogen-bond acceptors (Lipinski definition) is 1. The van der Waals surface area contributed by atoms with E-state index in [0.717, 1.165) is 9.26 Å². The van der Waals surface area contributed by atoms with Crippen molar-refractivity contribution in [2.75, 3.05) is 0 Å². The van der Waals surface area contributed by atoms with E-state index in [4.69, 9.17) is 0 Å². The molecular formula is C11H7FIN. The molecule has 0 spiro atoms. The minimum Gasteiger partial charge on any atom is -0.250 e. The van der Waals surface area contributed by atoms with E-state index in [2.05, 4.69) is 27.6 Å². The molecule has 1 aromatic heterocycles. The number of aromatic nitrogens is 1. The van der Waals surface area contributed by atoms with Crippen LogP contribution in [0, 0.1) is 9.52 Å². The first kappa shape index (κ1) is 9.58. The molecule has 2 rings (SSSR count). The summed E-state index contributed by atoms with van der Waals surface area (Å²) in [5.74, 6) is -0.212. The molecule has 0 aliphatic heterocycles. The predicted octanol–water partition coefficient (Wildman–Crippen LogP) is 3.49. The maximum atomic E-state index is 13.3. The zero-order valence-corrected chi connectivity index (χ0v) is 9.40. The topological polar surface area (TPSA) is 12.9 Å². The van der Waals surface area contributed by atoms with Gasteiger partial charge in [0.05, 0.1) is 0 Å². The van der Waals surface area contributed by atoms with Crippen LogP contribution in [0.2, 0.25) is 0 Å². The molecule has 0 radical (unpaired) electrons. The Morgan fingerprint density at radius 2 is 1.86 bits per heavy atom. The lowest BCUT2D eigenvalue weighted by atomic mass is 10.1. The molecule has 1 aromatic carbocycles. The van der Waals surface area contributed by atoms with Crippen molar-refractivity contribution in [3.8, 4) is 11.1 Å². The number of rotatable bonds is 1. The molecule has 0 unspecified atom stereocenters. The van der Waals surface area contributed by atoms with E-state index in [1.54, 1.807) is 18.3 Å². The fourth-order valence-electron chi connectivity index (χ4n) is 1.23. The predicted molar refractivity (Wildman–Crippen MR) is 62.3 cm³/mol. The molecule has 0 fully saturated rings. The maximum absolute atomic E-state index is 13.3. The van der Waals surface area contributed by atoms with E-state index < -0.39 is 0 Å². The van der Waals surface area contributed by atoms with Crippen LogP contribution in [0.4, 0.5) is 4.39 Å². The molecule has 0 aliphatic rings. The Morgan fingerprint density at radius 1 is 1.07 bits per heavy atom. The minimum atomic E-state index is -0.212. The monoisotopic (exact) mass is 299 g/mol. The highest BCUT2D eigenvalue weighted by Crippen LogP contribution is 2.21. The van der Waals surface area contributed by atoms with Crippen molar-refractivity contribution in [1.29, 1.82) is 0 Å². The lowest BCUT2D eigenvalue weighted by Crippen LogP contribution is -1.85.